The molecule has 0 saturated heterocycles. The molecular formula is C13H20N2O3. The van der Waals surface area contributed by atoms with Crippen molar-refractivity contribution in [2.75, 3.05) is 6.54 Å². The van der Waals surface area contributed by atoms with E-state index in [1.165, 1.54) is 11.1 Å². The second kappa shape index (κ2) is 6.83. The minimum atomic E-state index is -0.981. The van der Waals surface area contributed by atoms with Crippen molar-refractivity contribution in [3.8, 4) is 0 Å². The molecule has 0 aromatic heterocycles. The molecule has 1 heterocycles. The van der Waals surface area contributed by atoms with Gasteiger partial charge < -0.3 is 15.3 Å². The van der Waals surface area contributed by atoms with Crippen molar-refractivity contribution < 1.29 is 14.7 Å². The Morgan fingerprint density at radius 1 is 1.61 bits per heavy atom. The lowest BCUT2D eigenvalue weighted by Gasteiger charge is -2.34. The molecule has 1 aliphatic heterocycles. The van der Waals surface area contributed by atoms with Gasteiger partial charge in [-0.15, -0.1) is 6.58 Å². The lowest BCUT2D eigenvalue weighted by molar-refractivity contribution is -0.133. The van der Waals surface area contributed by atoms with E-state index in [2.05, 4.69) is 18.8 Å². The van der Waals surface area contributed by atoms with Crippen LogP contribution in [0.4, 0.5) is 4.79 Å². The van der Waals surface area contributed by atoms with Gasteiger partial charge in [0, 0.05) is 12.7 Å². The van der Waals surface area contributed by atoms with Gasteiger partial charge in [-0.2, -0.15) is 0 Å². The first-order chi connectivity index (χ1) is 8.61. The summed E-state index contributed by atoms with van der Waals surface area (Å²) in [7, 11) is 0. The van der Waals surface area contributed by atoms with Gasteiger partial charge in [0.15, 0.2) is 0 Å². The molecule has 2 amide bonds. The van der Waals surface area contributed by atoms with E-state index in [4.69, 9.17) is 5.11 Å². The second-order valence-corrected chi connectivity index (χ2v) is 4.31. The number of hydrogen-bond acceptors (Lipinski definition) is 2. The number of carboxylic acid groups (broad SMARTS) is 1. The highest BCUT2D eigenvalue weighted by molar-refractivity contribution is 5.92. The topological polar surface area (TPSA) is 69.6 Å². The fourth-order valence-corrected chi connectivity index (χ4v) is 2.08. The van der Waals surface area contributed by atoms with Crippen molar-refractivity contribution in [1.29, 1.82) is 0 Å². The first-order valence-electron chi connectivity index (χ1n) is 6.23. The van der Waals surface area contributed by atoms with E-state index < -0.39 is 5.97 Å². The largest absolute Gasteiger partial charge is 0.478 e. The summed E-state index contributed by atoms with van der Waals surface area (Å²) in [6.07, 6.45) is 6.59. The van der Waals surface area contributed by atoms with Gasteiger partial charge in [-0.05, 0) is 6.42 Å². The van der Waals surface area contributed by atoms with Gasteiger partial charge in [-0.25, -0.2) is 9.59 Å². The fourth-order valence-electron chi connectivity index (χ4n) is 2.08. The number of unbranched alkanes of at least 4 members (excludes halogenated alkanes) is 2. The summed E-state index contributed by atoms with van der Waals surface area (Å²) in [4.78, 5) is 24.4. The Labute approximate surface area is 107 Å². The molecule has 0 spiro atoms. The summed E-state index contributed by atoms with van der Waals surface area (Å²) in [6.45, 7) is 6.04. The van der Waals surface area contributed by atoms with Gasteiger partial charge in [0.2, 0.25) is 0 Å². The van der Waals surface area contributed by atoms with Gasteiger partial charge in [0.25, 0.3) is 0 Å². The minimum Gasteiger partial charge on any atom is -0.478 e. The predicted molar refractivity (Wildman–Crippen MR) is 69.1 cm³/mol. The third-order valence-corrected chi connectivity index (χ3v) is 3.00. The van der Waals surface area contributed by atoms with E-state index in [1.54, 1.807) is 6.08 Å². The number of nitrogens with zero attached hydrogens (tertiary/aromatic N) is 1. The standard InChI is InChI=1S/C13H20N2O3/c1-3-5-6-7-11-10(12(16)17)9-14-13(18)15(11)8-4-2/h4,9,11H,2-3,5-8H2,1H3,(H,14,18)(H,16,17). The molecule has 5 heteroatoms. The van der Waals surface area contributed by atoms with E-state index in [-0.39, 0.29) is 17.6 Å². The molecule has 1 rings (SSSR count). The summed E-state index contributed by atoms with van der Waals surface area (Å²) in [5, 5.41) is 11.6. The Morgan fingerprint density at radius 2 is 2.33 bits per heavy atom. The number of carbonyl (C=O) groups is 2. The maximum atomic E-state index is 11.7. The van der Waals surface area contributed by atoms with Crippen LogP contribution in [-0.2, 0) is 4.79 Å². The summed E-state index contributed by atoms with van der Waals surface area (Å²) in [6, 6.07) is -0.623. The van der Waals surface area contributed by atoms with Crippen LogP contribution in [0.15, 0.2) is 24.4 Å². The van der Waals surface area contributed by atoms with Gasteiger partial charge in [0.05, 0.1) is 11.6 Å². The van der Waals surface area contributed by atoms with Crippen LogP contribution >= 0.6 is 0 Å². The molecule has 1 unspecified atom stereocenters. The number of amides is 2. The predicted octanol–water partition coefficient (Wildman–Crippen LogP) is 2.12. The van der Waals surface area contributed by atoms with Crippen molar-refractivity contribution >= 4 is 12.0 Å². The maximum Gasteiger partial charge on any atom is 0.335 e. The number of nitrogens with one attached hydrogen (secondary N) is 1. The molecule has 0 saturated carbocycles. The molecule has 0 bridgehead atoms. The highest BCUT2D eigenvalue weighted by Crippen LogP contribution is 2.21. The van der Waals surface area contributed by atoms with Crippen LogP contribution in [0, 0.1) is 0 Å². The molecule has 5 nitrogen and oxygen atoms in total. The van der Waals surface area contributed by atoms with Crippen molar-refractivity contribution in [1.82, 2.24) is 10.2 Å². The van der Waals surface area contributed by atoms with Crippen LogP contribution < -0.4 is 5.32 Å². The molecule has 0 aromatic carbocycles. The van der Waals surface area contributed by atoms with Crippen LogP contribution in [0.3, 0.4) is 0 Å². The fraction of sp³-hybridized carbons (Fsp3) is 0.538. The molecule has 2 N–H and O–H groups in total. The third kappa shape index (κ3) is 3.35. The molecule has 0 aromatic rings. The second-order valence-electron chi connectivity index (χ2n) is 4.31. The van der Waals surface area contributed by atoms with Crippen LogP contribution in [-0.4, -0.2) is 34.6 Å². The number of hydrogen-bond donors (Lipinski definition) is 2. The molecule has 0 aliphatic carbocycles. The maximum absolute atomic E-state index is 11.7. The summed E-state index contributed by atoms with van der Waals surface area (Å²) < 4.78 is 0. The van der Waals surface area contributed by atoms with Gasteiger partial charge in [-0.3, -0.25) is 0 Å². The monoisotopic (exact) mass is 252 g/mol. The normalized spacial score (nSPS) is 19.2. The summed E-state index contributed by atoms with van der Waals surface area (Å²) >= 11 is 0. The summed E-state index contributed by atoms with van der Waals surface area (Å²) in [5.41, 5.74) is 0.243. The first-order valence-corrected chi connectivity index (χ1v) is 6.23. The number of urea groups is 1. The molecule has 18 heavy (non-hydrogen) atoms. The van der Waals surface area contributed by atoms with Crippen LogP contribution in [0.1, 0.15) is 32.6 Å². The number of carboxylic acids is 1. The smallest absolute Gasteiger partial charge is 0.335 e. The zero-order valence-corrected chi connectivity index (χ0v) is 10.7. The van der Waals surface area contributed by atoms with Gasteiger partial charge in [0.1, 0.15) is 0 Å². The highest BCUT2D eigenvalue weighted by atomic mass is 16.4. The average Bonchev–Trinajstić information content (AvgIpc) is 2.33. The lowest BCUT2D eigenvalue weighted by Crippen LogP contribution is -2.50. The molecular weight excluding hydrogens is 232 g/mol. The Morgan fingerprint density at radius 3 is 2.89 bits per heavy atom. The molecule has 1 atom stereocenters. The lowest BCUT2D eigenvalue weighted by atomic mass is 9.98. The van der Waals surface area contributed by atoms with Crippen molar-refractivity contribution in [2.45, 2.75) is 38.6 Å². The summed E-state index contributed by atoms with van der Waals surface area (Å²) in [5.74, 6) is -0.981. The molecule has 1 aliphatic rings. The average molecular weight is 252 g/mol. The van der Waals surface area contributed by atoms with Crippen molar-refractivity contribution in [2.24, 2.45) is 0 Å². The molecule has 0 fully saturated rings. The number of rotatable bonds is 7. The zero-order chi connectivity index (χ0) is 13.5. The third-order valence-electron chi connectivity index (χ3n) is 3.00. The van der Waals surface area contributed by atoms with E-state index in [9.17, 15) is 9.59 Å². The van der Waals surface area contributed by atoms with E-state index in [0.29, 0.717) is 13.0 Å². The Hall–Kier alpha value is -1.78. The Bertz CT molecular complexity index is 363. The first kappa shape index (κ1) is 14.3. The van der Waals surface area contributed by atoms with Gasteiger partial charge in [-0.1, -0.05) is 32.3 Å². The SMILES string of the molecule is C=CCN1C(=O)NC=C(C(=O)O)C1CCCCC. The minimum absolute atomic E-state index is 0.243. The quantitative estimate of drug-likeness (QED) is 0.538. The van der Waals surface area contributed by atoms with Crippen LogP contribution in [0.25, 0.3) is 0 Å². The van der Waals surface area contributed by atoms with Crippen LogP contribution in [0.5, 0.6) is 0 Å². The number of aliphatic carboxylic acids is 1. The van der Waals surface area contributed by atoms with Crippen LogP contribution in [0.2, 0.25) is 0 Å². The molecule has 100 valence electrons. The van der Waals surface area contributed by atoms with Crippen molar-refractivity contribution in [3.05, 3.63) is 24.4 Å². The van der Waals surface area contributed by atoms with E-state index in [1.807, 2.05) is 0 Å². The zero-order valence-electron chi connectivity index (χ0n) is 10.7. The Kier molecular flexibility index (Phi) is 5.42. The number of carbonyl (C=O) groups excluding carboxylic acids is 1. The van der Waals surface area contributed by atoms with Gasteiger partial charge >= 0.3 is 12.0 Å². The Balaban J connectivity index is 2.85. The van der Waals surface area contributed by atoms with E-state index >= 15 is 0 Å². The molecule has 0 radical (unpaired) electrons. The van der Waals surface area contributed by atoms with Crippen molar-refractivity contribution in [3.63, 3.8) is 0 Å². The highest BCUT2D eigenvalue weighted by Gasteiger charge is 2.32. The van der Waals surface area contributed by atoms with E-state index in [0.717, 1.165) is 19.3 Å².